The summed E-state index contributed by atoms with van der Waals surface area (Å²) in [6, 6.07) is 15.0. The predicted molar refractivity (Wildman–Crippen MR) is 97.5 cm³/mol. The van der Waals surface area contributed by atoms with Gasteiger partial charge < -0.3 is 10.1 Å². The minimum Gasteiger partial charge on any atom is -0.455 e. The normalized spacial score (nSPS) is 9.81. The molecule has 0 radical (unpaired) electrons. The smallest absolute Gasteiger partial charge is 0.310 e. The van der Waals surface area contributed by atoms with E-state index >= 15 is 0 Å². The molecule has 2 aromatic rings. The average Bonchev–Trinajstić information content (AvgIpc) is 2.66. The Labute approximate surface area is 155 Å². The van der Waals surface area contributed by atoms with Crippen molar-refractivity contribution in [1.29, 1.82) is 0 Å². The van der Waals surface area contributed by atoms with Crippen molar-refractivity contribution in [1.82, 2.24) is 10.9 Å². The first-order chi connectivity index (χ1) is 12.9. The Morgan fingerprint density at radius 3 is 2.19 bits per heavy atom. The van der Waals surface area contributed by atoms with Crippen LogP contribution in [0.4, 0.5) is 5.69 Å². The third kappa shape index (κ3) is 6.99. The number of hydrazine groups is 1. The number of benzene rings is 2. The highest BCUT2D eigenvalue weighted by atomic mass is 16.5. The van der Waals surface area contributed by atoms with Crippen LogP contribution in [0.2, 0.25) is 0 Å². The van der Waals surface area contributed by atoms with Crippen molar-refractivity contribution < 1.29 is 23.9 Å². The summed E-state index contributed by atoms with van der Waals surface area (Å²) in [7, 11) is 0. The van der Waals surface area contributed by atoms with Gasteiger partial charge in [0.05, 0.1) is 6.42 Å². The molecule has 0 spiro atoms. The Kier molecular flexibility index (Phi) is 7.07. The van der Waals surface area contributed by atoms with Gasteiger partial charge in [0.1, 0.15) is 0 Å². The molecule has 0 unspecified atom stereocenters. The molecule has 0 fully saturated rings. The summed E-state index contributed by atoms with van der Waals surface area (Å²) in [6.45, 7) is 0.885. The number of hydrogen-bond acceptors (Lipinski definition) is 5. The molecule has 0 aliphatic heterocycles. The second kappa shape index (κ2) is 9.71. The number of hydrogen-bond donors (Lipinski definition) is 3. The Hall–Kier alpha value is -3.68. The van der Waals surface area contributed by atoms with Gasteiger partial charge in [-0.15, -0.1) is 0 Å². The van der Waals surface area contributed by atoms with Crippen LogP contribution in [0, 0.1) is 0 Å². The van der Waals surface area contributed by atoms with E-state index in [9.17, 15) is 19.2 Å². The van der Waals surface area contributed by atoms with Crippen LogP contribution in [0.15, 0.2) is 54.6 Å². The second-order valence-electron chi connectivity index (χ2n) is 5.58. The number of nitrogens with one attached hydrogen (secondary N) is 3. The van der Waals surface area contributed by atoms with E-state index in [4.69, 9.17) is 4.74 Å². The number of carbonyl (C=O) groups excluding carboxylic acids is 4. The molecular weight excluding hydrogens is 350 g/mol. The van der Waals surface area contributed by atoms with Gasteiger partial charge in [0.2, 0.25) is 5.91 Å². The molecule has 2 aromatic carbocycles. The summed E-state index contributed by atoms with van der Waals surface area (Å²) in [4.78, 5) is 46.1. The zero-order valence-electron chi connectivity index (χ0n) is 14.7. The molecule has 0 atom stereocenters. The molecule has 8 heteroatoms. The van der Waals surface area contributed by atoms with Gasteiger partial charge in [0.15, 0.2) is 6.61 Å². The van der Waals surface area contributed by atoms with Gasteiger partial charge in [0, 0.05) is 18.2 Å². The standard InChI is InChI=1S/C19H19N3O5/c1-13(23)20-16-9-7-14(8-10-16)11-18(25)27-12-17(24)21-22-19(26)15-5-3-2-4-6-15/h2-10H,11-12H2,1H3,(H,20,23)(H,21,24)(H,22,26). The fraction of sp³-hybridized carbons (Fsp3) is 0.158. The van der Waals surface area contributed by atoms with Crippen LogP contribution in [-0.4, -0.2) is 30.3 Å². The third-order valence-electron chi connectivity index (χ3n) is 3.34. The lowest BCUT2D eigenvalue weighted by Gasteiger charge is -2.08. The van der Waals surface area contributed by atoms with Gasteiger partial charge in [-0.25, -0.2) is 0 Å². The van der Waals surface area contributed by atoms with Crippen LogP contribution >= 0.6 is 0 Å². The van der Waals surface area contributed by atoms with E-state index in [0.717, 1.165) is 0 Å². The van der Waals surface area contributed by atoms with Crippen LogP contribution in [0.25, 0.3) is 0 Å². The molecule has 0 aliphatic rings. The maximum Gasteiger partial charge on any atom is 0.310 e. The summed E-state index contributed by atoms with van der Waals surface area (Å²) in [5.74, 6) is -1.91. The highest BCUT2D eigenvalue weighted by Crippen LogP contribution is 2.10. The number of rotatable bonds is 6. The molecule has 8 nitrogen and oxygen atoms in total. The minimum atomic E-state index is -0.659. The summed E-state index contributed by atoms with van der Waals surface area (Å²) in [5.41, 5.74) is 6.08. The Balaban J connectivity index is 1.71. The van der Waals surface area contributed by atoms with E-state index in [1.165, 1.54) is 6.92 Å². The van der Waals surface area contributed by atoms with Gasteiger partial charge in [-0.2, -0.15) is 0 Å². The molecule has 0 heterocycles. The first-order valence-corrected chi connectivity index (χ1v) is 8.10. The topological polar surface area (TPSA) is 114 Å². The van der Waals surface area contributed by atoms with E-state index in [1.807, 2.05) is 0 Å². The Morgan fingerprint density at radius 1 is 0.889 bits per heavy atom. The van der Waals surface area contributed by atoms with Crippen molar-refractivity contribution in [3.8, 4) is 0 Å². The highest BCUT2D eigenvalue weighted by molar-refractivity contribution is 5.95. The van der Waals surface area contributed by atoms with Crippen molar-refractivity contribution >= 4 is 29.4 Å². The molecule has 0 saturated heterocycles. The molecule has 3 amide bonds. The second-order valence-corrected chi connectivity index (χ2v) is 5.58. The maximum atomic E-state index is 11.8. The Morgan fingerprint density at radius 2 is 1.56 bits per heavy atom. The monoisotopic (exact) mass is 369 g/mol. The summed E-state index contributed by atoms with van der Waals surface area (Å²) in [5, 5.41) is 2.62. The summed E-state index contributed by atoms with van der Waals surface area (Å²) >= 11 is 0. The quantitative estimate of drug-likeness (QED) is 0.523. The predicted octanol–water partition coefficient (Wildman–Crippen LogP) is 1.19. The lowest BCUT2D eigenvalue weighted by molar-refractivity contribution is -0.148. The zero-order valence-corrected chi connectivity index (χ0v) is 14.7. The van der Waals surface area contributed by atoms with E-state index in [1.54, 1.807) is 54.6 Å². The van der Waals surface area contributed by atoms with Gasteiger partial charge in [-0.05, 0) is 29.8 Å². The van der Waals surface area contributed by atoms with Crippen molar-refractivity contribution in [2.75, 3.05) is 11.9 Å². The number of carbonyl (C=O) groups is 4. The molecule has 0 aromatic heterocycles. The van der Waals surface area contributed by atoms with Gasteiger partial charge in [-0.1, -0.05) is 30.3 Å². The molecule has 2 rings (SSSR count). The van der Waals surface area contributed by atoms with Crippen LogP contribution in [-0.2, 0) is 25.5 Å². The Bertz CT molecular complexity index is 819. The number of anilines is 1. The van der Waals surface area contributed by atoms with Crippen molar-refractivity contribution in [2.45, 2.75) is 13.3 Å². The van der Waals surface area contributed by atoms with Gasteiger partial charge >= 0.3 is 5.97 Å². The first-order valence-electron chi connectivity index (χ1n) is 8.10. The fourth-order valence-corrected chi connectivity index (χ4v) is 2.10. The van der Waals surface area contributed by atoms with Crippen LogP contribution < -0.4 is 16.2 Å². The van der Waals surface area contributed by atoms with Crippen molar-refractivity contribution in [3.63, 3.8) is 0 Å². The summed E-state index contributed by atoms with van der Waals surface area (Å²) in [6.07, 6.45) is -0.0238. The van der Waals surface area contributed by atoms with Gasteiger partial charge in [-0.3, -0.25) is 30.0 Å². The first kappa shape index (κ1) is 19.6. The molecule has 27 heavy (non-hydrogen) atoms. The third-order valence-corrected chi connectivity index (χ3v) is 3.34. The molecule has 0 saturated carbocycles. The maximum absolute atomic E-state index is 11.8. The van der Waals surface area contributed by atoms with E-state index in [0.29, 0.717) is 16.8 Å². The number of amides is 3. The molecular formula is C19H19N3O5. The van der Waals surface area contributed by atoms with E-state index < -0.39 is 24.4 Å². The molecule has 0 bridgehead atoms. The SMILES string of the molecule is CC(=O)Nc1ccc(CC(=O)OCC(=O)NNC(=O)c2ccccc2)cc1. The van der Waals surface area contributed by atoms with Crippen molar-refractivity contribution in [2.24, 2.45) is 0 Å². The minimum absolute atomic E-state index is 0.0238. The average molecular weight is 369 g/mol. The van der Waals surface area contributed by atoms with Crippen molar-refractivity contribution in [3.05, 3.63) is 65.7 Å². The lowest BCUT2D eigenvalue weighted by atomic mass is 10.1. The van der Waals surface area contributed by atoms with Crippen LogP contribution in [0.1, 0.15) is 22.8 Å². The molecule has 0 aliphatic carbocycles. The van der Waals surface area contributed by atoms with Gasteiger partial charge in [0.25, 0.3) is 11.8 Å². The van der Waals surface area contributed by atoms with Crippen LogP contribution in [0.5, 0.6) is 0 Å². The number of ether oxygens (including phenoxy) is 1. The molecule has 140 valence electrons. The number of esters is 1. The lowest BCUT2D eigenvalue weighted by Crippen LogP contribution is -2.43. The largest absolute Gasteiger partial charge is 0.455 e. The summed E-state index contributed by atoms with van der Waals surface area (Å²) < 4.78 is 4.87. The molecule has 3 N–H and O–H groups in total. The fourth-order valence-electron chi connectivity index (χ4n) is 2.10. The van der Waals surface area contributed by atoms with E-state index in [-0.39, 0.29) is 12.3 Å². The zero-order chi connectivity index (χ0) is 19.6. The van der Waals surface area contributed by atoms with Crippen LogP contribution in [0.3, 0.4) is 0 Å². The van der Waals surface area contributed by atoms with E-state index in [2.05, 4.69) is 16.2 Å². The highest BCUT2D eigenvalue weighted by Gasteiger charge is 2.10.